The average Bonchev–Trinajstić information content (AvgIpc) is 2.68. The van der Waals surface area contributed by atoms with Crippen LogP contribution in [-0.4, -0.2) is 23.5 Å². The number of rotatable bonds is 5. The number of hydrogen-bond donors (Lipinski definition) is 1. The van der Waals surface area contributed by atoms with Crippen molar-refractivity contribution in [1.82, 2.24) is 10.2 Å². The van der Waals surface area contributed by atoms with Gasteiger partial charge in [-0.25, -0.2) is 0 Å². The number of nitrogens with zero attached hydrogens (tertiary/aromatic N) is 1. The summed E-state index contributed by atoms with van der Waals surface area (Å²) >= 11 is 3.74. The highest BCUT2D eigenvalue weighted by atomic mass is 79.9. The first kappa shape index (κ1) is 16.0. The Morgan fingerprint density at radius 2 is 2.10 bits per heavy atom. The Hall–Kier alpha value is -0.380. The van der Waals surface area contributed by atoms with Crippen LogP contribution >= 0.6 is 15.9 Å². The van der Waals surface area contributed by atoms with Gasteiger partial charge in [-0.3, -0.25) is 4.90 Å². The Balaban J connectivity index is 1.99. The van der Waals surface area contributed by atoms with E-state index < -0.39 is 0 Å². The van der Waals surface area contributed by atoms with Gasteiger partial charge in [-0.15, -0.1) is 0 Å². The molecule has 0 saturated carbocycles. The number of likely N-dealkylation sites (tertiary alicyclic amines) is 1. The number of nitrogens with one attached hydrogen (secondary N) is 1. The first-order valence-corrected chi connectivity index (χ1v) is 8.49. The van der Waals surface area contributed by atoms with Gasteiger partial charge in [0.2, 0.25) is 0 Å². The van der Waals surface area contributed by atoms with Gasteiger partial charge in [0.15, 0.2) is 0 Å². The molecule has 0 radical (unpaired) electrons. The molecule has 1 heterocycles. The van der Waals surface area contributed by atoms with Crippen LogP contribution in [0.2, 0.25) is 0 Å². The van der Waals surface area contributed by atoms with Crippen LogP contribution in [0.4, 0.5) is 0 Å². The molecule has 1 aliphatic heterocycles. The molecule has 112 valence electrons. The third-order valence-electron chi connectivity index (χ3n) is 4.12. The zero-order valence-electron chi connectivity index (χ0n) is 13.1. The predicted molar refractivity (Wildman–Crippen MR) is 89.8 cm³/mol. The van der Waals surface area contributed by atoms with Crippen LogP contribution in [0.3, 0.4) is 0 Å². The molecule has 20 heavy (non-hydrogen) atoms. The molecule has 2 nitrogen and oxygen atoms in total. The van der Waals surface area contributed by atoms with Crippen LogP contribution in [0.1, 0.15) is 45.2 Å². The van der Waals surface area contributed by atoms with Crippen LogP contribution in [0, 0.1) is 5.92 Å². The summed E-state index contributed by atoms with van der Waals surface area (Å²) in [5, 5.41) is 3.46. The second-order valence-electron chi connectivity index (χ2n) is 6.58. The fraction of sp³-hybridized carbons (Fsp3) is 0.647. The largest absolute Gasteiger partial charge is 0.310 e. The highest BCUT2D eigenvalue weighted by Gasteiger charge is 2.26. The van der Waals surface area contributed by atoms with Gasteiger partial charge in [0, 0.05) is 36.2 Å². The second kappa shape index (κ2) is 7.06. The zero-order chi connectivity index (χ0) is 14.7. The molecule has 1 aliphatic rings. The van der Waals surface area contributed by atoms with E-state index in [-0.39, 0.29) is 0 Å². The van der Waals surface area contributed by atoms with Crippen LogP contribution in [0.5, 0.6) is 0 Å². The van der Waals surface area contributed by atoms with Gasteiger partial charge in [0.25, 0.3) is 0 Å². The van der Waals surface area contributed by atoms with Crippen molar-refractivity contribution in [3.63, 3.8) is 0 Å². The molecule has 1 fully saturated rings. The third-order valence-corrected chi connectivity index (χ3v) is 4.86. The van der Waals surface area contributed by atoms with Crippen molar-refractivity contribution < 1.29 is 0 Å². The predicted octanol–water partition coefficient (Wildman–Crippen LogP) is 4.18. The molecule has 1 aromatic rings. The van der Waals surface area contributed by atoms with E-state index in [0.717, 1.165) is 19.0 Å². The van der Waals surface area contributed by atoms with E-state index in [0.29, 0.717) is 12.1 Å². The van der Waals surface area contributed by atoms with E-state index in [1.807, 2.05) is 0 Å². The third kappa shape index (κ3) is 4.31. The van der Waals surface area contributed by atoms with E-state index in [2.05, 4.69) is 72.0 Å². The van der Waals surface area contributed by atoms with Crippen molar-refractivity contribution in [3.8, 4) is 0 Å². The molecule has 2 rings (SSSR count). The normalized spacial score (nSPS) is 23.7. The number of benzene rings is 1. The van der Waals surface area contributed by atoms with E-state index in [4.69, 9.17) is 0 Å². The summed E-state index contributed by atoms with van der Waals surface area (Å²) in [4.78, 5) is 2.59. The molecule has 0 spiro atoms. The summed E-state index contributed by atoms with van der Waals surface area (Å²) in [6.07, 6.45) is 1.33. The quantitative estimate of drug-likeness (QED) is 0.866. The summed E-state index contributed by atoms with van der Waals surface area (Å²) in [5.74, 6) is 0.832. The molecular weight excluding hydrogens is 312 g/mol. The zero-order valence-corrected chi connectivity index (χ0v) is 14.7. The Morgan fingerprint density at radius 1 is 1.35 bits per heavy atom. The fourth-order valence-electron chi connectivity index (χ4n) is 2.98. The minimum Gasteiger partial charge on any atom is -0.310 e. The molecule has 3 heteroatoms. The van der Waals surface area contributed by atoms with Crippen molar-refractivity contribution in [2.45, 2.75) is 59.3 Å². The monoisotopic (exact) mass is 338 g/mol. The molecular formula is C17H27BrN2. The molecule has 1 aromatic carbocycles. The second-order valence-corrected chi connectivity index (χ2v) is 7.44. The smallest absolute Gasteiger partial charge is 0.0247 e. The molecule has 0 amide bonds. The lowest BCUT2D eigenvalue weighted by Gasteiger charge is -2.22. The van der Waals surface area contributed by atoms with Crippen LogP contribution in [-0.2, 0) is 13.1 Å². The van der Waals surface area contributed by atoms with Crippen LogP contribution in [0.15, 0.2) is 22.7 Å². The summed E-state index contributed by atoms with van der Waals surface area (Å²) in [7, 11) is 0. The SMILES string of the molecule is CC1CC(C)N(Cc2ccc(CNC(C)C)cc2Br)C1. The number of halogens is 1. The van der Waals surface area contributed by atoms with E-state index >= 15 is 0 Å². The molecule has 0 bridgehead atoms. The molecule has 1 N–H and O–H groups in total. The van der Waals surface area contributed by atoms with Gasteiger partial charge in [0.1, 0.15) is 0 Å². The molecule has 0 aromatic heterocycles. The lowest BCUT2D eigenvalue weighted by molar-refractivity contribution is 0.256. The standard InChI is InChI=1S/C17H27BrN2/c1-12(2)19-9-15-5-6-16(17(18)8-15)11-20-10-13(3)7-14(20)4/h5-6,8,12-14,19H,7,9-11H2,1-4H3. The van der Waals surface area contributed by atoms with E-state index in [1.54, 1.807) is 0 Å². The minimum absolute atomic E-state index is 0.528. The Kier molecular flexibility index (Phi) is 5.65. The van der Waals surface area contributed by atoms with Crippen molar-refractivity contribution in [3.05, 3.63) is 33.8 Å². The first-order chi connectivity index (χ1) is 9.45. The number of hydrogen-bond acceptors (Lipinski definition) is 2. The van der Waals surface area contributed by atoms with Gasteiger partial charge in [-0.05, 0) is 36.5 Å². The minimum atomic E-state index is 0.528. The van der Waals surface area contributed by atoms with Crippen LogP contribution < -0.4 is 5.32 Å². The molecule has 1 saturated heterocycles. The van der Waals surface area contributed by atoms with Gasteiger partial charge in [-0.1, -0.05) is 48.8 Å². The van der Waals surface area contributed by atoms with E-state index in [1.165, 1.54) is 28.6 Å². The summed E-state index contributed by atoms with van der Waals surface area (Å²) in [6, 6.07) is 8.02. The van der Waals surface area contributed by atoms with Crippen molar-refractivity contribution in [1.29, 1.82) is 0 Å². The highest BCUT2D eigenvalue weighted by Crippen LogP contribution is 2.27. The van der Waals surface area contributed by atoms with Crippen molar-refractivity contribution in [2.75, 3.05) is 6.54 Å². The van der Waals surface area contributed by atoms with Gasteiger partial charge >= 0.3 is 0 Å². The first-order valence-electron chi connectivity index (χ1n) is 7.70. The molecule has 0 aliphatic carbocycles. The topological polar surface area (TPSA) is 15.3 Å². The molecule has 2 atom stereocenters. The van der Waals surface area contributed by atoms with Crippen molar-refractivity contribution in [2.24, 2.45) is 5.92 Å². The maximum atomic E-state index is 3.74. The van der Waals surface area contributed by atoms with Crippen LogP contribution in [0.25, 0.3) is 0 Å². The summed E-state index contributed by atoms with van der Waals surface area (Å²) in [6.45, 7) is 12.3. The highest BCUT2D eigenvalue weighted by molar-refractivity contribution is 9.10. The maximum Gasteiger partial charge on any atom is 0.0247 e. The Morgan fingerprint density at radius 3 is 2.65 bits per heavy atom. The lowest BCUT2D eigenvalue weighted by atomic mass is 10.1. The summed E-state index contributed by atoms with van der Waals surface area (Å²) in [5.41, 5.74) is 2.75. The van der Waals surface area contributed by atoms with Gasteiger partial charge in [0.05, 0.1) is 0 Å². The fourth-order valence-corrected chi connectivity index (χ4v) is 3.53. The Bertz CT molecular complexity index is 445. The summed E-state index contributed by atoms with van der Waals surface area (Å²) < 4.78 is 1.24. The maximum absolute atomic E-state index is 3.74. The van der Waals surface area contributed by atoms with Crippen molar-refractivity contribution >= 4 is 15.9 Å². The van der Waals surface area contributed by atoms with E-state index in [9.17, 15) is 0 Å². The molecule has 2 unspecified atom stereocenters. The lowest BCUT2D eigenvalue weighted by Crippen LogP contribution is -2.26. The average molecular weight is 339 g/mol. The van der Waals surface area contributed by atoms with Gasteiger partial charge in [-0.2, -0.15) is 0 Å². The Labute approximate surface area is 132 Å². The van der Waals surface area contributed by atoms with Gasteiger partial charge < -0.3 is 5.32 Å².